The highest BCUT2D eigenvalue weighted by Gasteiger charge is 2.21. The molecule has 6 heteroatoms. The Bertz CT molecular complexity index is 493. The van der Waals surface area contributed by atoms with Gasteiger partial charge in [0.1, 0.15) is 5.75 Å². The SMILES string of the molecule is COc1ccc(NS(=O)(=O)CC2CCCNC2)cc1. The second-order valence-electron chi connectivity index (χ2n) is 4.82. The van der Waals surface area contributed by atoms with Crippen molar-refractivity contribution in [2.24, 2.45) is 5.92 Å². The van der Waals surface area contributed by atoms with E-state index in [1.165, 1.54) is 0 Å². The summed E-state index contributed by atoms with van der Waals surface area (Å²) in [4.78, 5) is 0. The minimum Gasteiger partial charge on any atom is -0.497 e. The van der Waals surface area contributed by atoms with Crippen molar-refractivity contribution >= 4 is 15.7 Å². The molecule has 0 bridgehead atoms. The van der Waals surface area contributed by atoms with Crippen molar-refractivity contribution < 1.29 is 13.2 Å². The maximum atomic E-state index is 12.1. The number of methoxy groups -OCH3 is 1. The average Bonchev–Trinajstić information content (AvgIpc) is 2.39. The van der Waals surface area contributed by atoms with Gasteiger partial charge in [-0.2, -0.15) is 0 Å². The lowest BCUT2D eigenvalue weighted by Crippen LogP contribution is -2.35. The van der Waals surface area contributed by atoms with E-state index < -0.39 is 10.0 Å². The summed E-state index contributed by atoms with van der Waals surface area (Å²) in [6.45, 7) is 1.77. The molecule has 1 aliphatic rings. The molecule has 2 rings (SSSR count). The zero-order valence-corrected chi connectivity index (χ0v) is 11.9. The number of sulfonamides is 1. The molecule has 0 aliphatic carbocycles. The number of hydrogen-bond acceptors (Lipinski definition) is 4. The minimum atomic E-state index is -3.28. The summed E-state index contributed by atoms with van der Waals surface area (Å²) in [6.07, 6.45) is 2.01. The molecule has 0 aromatic heterocycles. The number of nitrogens with one attached hydrogen (secondary N) is 2. The van der Waals surface area contributed by atoms with E-state index >= 15 is 0 Å². The molecule has 1 saturated heterocycles. The van der Waals surface area contributed by atoms with Crippen molar-refractivity contribution in [3.05, 3.63) is 24.3 Å². The van der Waals surface area contributed by atoms with Crippen molar-refractivity contribution in [1.29, 1.82) is 0 Å². The Morgan fingerprint density at radius 1 is 1.37 bits per heavy atom. The molecule has 5 nitrogen and oxygen atoms in total. The van der Waals surface area contributed by atoms with Crippen LogP contribution in [0.15, 0.2) is 24.3 Å². The number of anilines is 1. The smallest absolute Gasteiger partial charge is 0.233 e. The van der Waals surface area contributed by atoms with Crippen LogP contribution in [-0.2, 0) is 10.0 Å². The molecule has 1 heterocycles. The van der Waals surface area contributed by atoms with Crippen LogP contribution < -0.4 is 14.8 Å². The molecule has 0 spiro atoms. The number of ether oxygens (including phenoxy) is 1. The van der Waals surface area contributed by atoms with E-state index in [2.05, 4.69) is 10.0 Å². The van der Waals surface area contributed by atoms with Crippen molar-refractivity contribution in [3.63, 3.8) is 0 Å². The van der Waals surface area contributed by atoms with Gasteiger partial charge in [-0.1, -0.05) is 0 Å². The van der Waals surface area contributed by atoms with Gasteiger partial charge in [0.25, 0.3) is 0 Å². The number of piperidine rings is 1. The summed E-state index contributed by atoms with van der Waals surface area (Å²) < 4.78 is 31.7. The molecule has 0 amide bonds. The molecule has 0 saturated carbocycles. The predicted molar refractivity (Wildman–Crippen MR) is 76.0 cm³/mol. The average molecular weight is 284 g/mol. The van der Waals surface area contributed by atoms with Gasteiger partial charge in [-0.15, -0.1) is 0 Å². The molecular formula is C13H20N2O3S. The minimum absolute atomic E-state index is 0.173. The van der Waals surface area contributed by atoms with Crippen LogP contribution in [0.5, 0.6) is 5.75 Å². The van der Waals surface area contributed by atoms with Crippen molar-refractivity contribution in [2.75, 3.05) is 30.7 Å². The molecule has 1 unspecified atom stereocenters. The van der Waals surface area contributed by atoms with Crippen LogP contribution >= 0.6 is 0 Å². The van der Waals surface area contributed by atoms with Gasteiger partial charge >= 0.3 is 0 Å². The zero-order chi connectivity index (χ0) is 13.7. The molecule has 1 atom stereocenters. The molecule has 1 aromatic rings. The quantitative estimate of drug-likeness (QED) is 0.858. The topological polar surface area (TPSA) is 67.4 Å². The lowest BCUT2D eigenvalue weighted by atomic mass is 10.0. The molecule has 1 aliphatic heterocycles. The first-order chi connectivity index (χ1) is 9.09. The molecule has 1 aromatic carbocycles. The maximum absolute atomic E-state index is 12.1. The van der Waals surface area contributed by atoms with Crippen LogP contribution in [0.3, 0.4) is 0 Å². The molecule has 1 fully saturated rings. The predicted octanol–water partition coefficient (Wildman–Crippen LogP) is 1.44. The molecular weight excluding hydrogens is 264 g/mol. The highest BCUT2D eigenvalue weighted by atomic mass is 32.2. The van der Waals surface area contributed by atoms with E-state index in [0.717, 1.165) is 25.9 Å². The van der Waals surface area contributed by atoms with Gasteiger partial charge in [0, 0.05) is 5.69 Å². The Hall–Kier alpha value is -1.27. The van der Waals surface area contributed by atoms with Gasteiger partial charge in [0.05, 0.1) is 12.9 Å². The van der Waals surface area contributed by atoms with Crippen LogP contribution in [-0.4, -0.2) is 34.4 Å². The van der Waals surface area contributed by atoms with E-state index in [9.17, 15) is 8.42 Å². The van der Waals surface area contributed by atoms with Crippen LogP contribution in [0.1, 0.15) is 12.8 Å². The number of rotatable bonds is 5. The second kappa shape index (κ2) is 6.25. The Morgan fingerprint density at radius 2 is 2.11 bits per heavy atom. The Labute approximate surface area is 114 Å². The standard InChI is InChI=1S/C13H20N2O3S/c1-18-13-6-4-12(5-7-13)15-19(16,17)10-11-3-2-8-14-9-11/h4-7,11,14-15H,2-3,8-10H2,1H3. The third-order valence-electron chi connectivity index (χ3n) is 3.22. The van der Waals surface area contributed by atoms with E-state index in [4.69, 9.17) is 4.74 Å². The highest BCUT2D eigenvalue weighted by Crippen LogP contribution is 2.18. The van der Waals surface area contributed by atoms with E-state index in [-0.39, 0.29) is 11.7 Å². The third kappa shape index (κ3) is 4.40. The Kier molecular flexibility index (Phi) is 4.66. The fourth-order valence-corrected chi connectivity index (χ4v) is 3.74. The van der Waals surface area contributed by atoms with Crippen molar-refractivity contribution in [3.8, 4) is 5.75 Å². The largest absolute Gasteiger partial charge is 0.497 e. The molecule has 19 heavy (non-hydrogen) atoms. The summed E-state index contributed by atoms with van der Waals surface area (Å²) >= 11 is 0. The van der Waals surface area contributed by atoms with Crippen LogP contribution in [0.4, 0.5) is 5.69 Å². The van der Waals surface area contributed by atoms with Gasteiger partial charge in [0.2, 0.25) is 10.0 Å². The van der Waals surface area contributed by atoms with Gasteiger partial charge in [-0.05, 0) is 56.1 Å². The normalized spacial score (nSPS) is 19.9. The summed E-state index contributed by atoms with van der Waals surface area (Å²) in [7, 11) is -1.71. The lowest BCUT2D eigenvalue weighted by molar-refractivity contribution is 0.404. The molecule has 0 radical (unpaired) electrons. The number of benzene rings is 1. The summed E-state index contributed by atoms with van der Waals surface area (Å²) in [6, 6.07) is 6.88. The van der Waals surface area contributed by atoms with E-state index in [0.29, 0.717) is 11.4 Å². The first-order valence-corrected chi connectivity index (χ1v) is 8.09. The number of hydrogen-bond donors (Lipinski definition) is 2. The summed E-state index contributed by atoms with van der Waals surface area (Å²) in [5, 5.41) is 3.23. The van der Waals surface area contributed by atoms with Gasteiger partial charge in [-0.3, -0.25) is 4.72 Å². The fourth-order valence-electron chi connectivity index (χ4n) is 2.26. The third-order valence-corrected chi connectivity index (χ3v) is 4.67. The summed E-state index contributed by atoms with van der Waals surface area (Å²) in [5.74, 6) is 1.08. The monoisotopic (exact) mass is 284 g/mol. The van der Waals surface area contributed by atoms with Crippen LogP contribution in [0, 0.1) is 5.92 Å². The second-order valence-corrected chi connectivity index (χ2v) is 6.59. The lowest BCUT2D eigenvalue weighted by Gasteiger charge is -2.22. The van der Waals surface area contributed by atoms with Crippen LogP contribution in [0.2, 0.25) is 0 Å². The Balaban J connectivity index is 1.95. The molecule has 106 valence electrons. The van der Waals surface area contributed by atoms with Gasteiger partial charge in [-0.25, -0.2) is 8.42 Å². The first-order valence-electron chi connectivity index (χ1n) is 6.44. The van der Waals surface area contributed by atoms with Gasteiger partial charge in [0.15, 0.2) is 0 Å². The van der Waals surface area contributed by atoms with Gasteiger partial charge < -0.3 is 10.1 Å². The van der Waals surface area contributed by atoms with Crippen LogP contribution in [0.25, 0.3) is 0 Å². The van der Waals surface area contributed by atoms with E-state index in [1.807, 2.05) is 0 Å². The van der Waals surface area contributed by atoms with E-state index in [1.54, 1.807) is 31.4 Å². The zero-order valence-electron chi connectivity index (χ0n) is 11.1. The highest BCUT2D eigenvalue weighted by molar-refractivity contribution is 7.92. The van der Waals surface area contributed by atoms with Crippen molar-refractivity contribution in [2.45, 2.75) is 12.8 Å². The van der Waals surface area contributed by atoms with Crippen molar-refractivity contribution in [1.82, 2.24) is 5.32 Å². The molecule has 2 N–H and O–H groups in total. The fraction of sp³-hybridized carbons (Fsp3) is 0.538. The first kappa shape index (κ1) is 14.1. The Morgan fingerprint density at radius 3 is 2.68 bits per heavy atom. The maximum Gasteiger partial charge on any atom is 0.233 e. The summed E-state index contributed by atoms with van der Waals surface area (Å²) in [5.41, 5.74) is 0.574.